The van der Waals surface area contributed by atoms with E-state index in [1.807, 2.05) is 4.90 Å². The average molecular weight is 470 g/mol. The van der Waals surface area contributed by atoms with E-state index in [4.69, 9.17) is 0 Å². The van der Waals surface area contributed by atoms with Gasteiger partial charge in [0.1, 0.15) is 0 Å². The second-order valence-corrected chi connectivity index (χ2v) is 9.80. The van der Waals surface area contributed by atoms with Crippen molar-refractivity contribution in [2.75, 3.05) is 50.4 Å². The summed E-state index contributed by atoms with van der Waals surface area (Å²) in [6.45, 7) is 3.99. The van der Waals surface area contributed by atoms with Gasteiger partial charge in [0.2, 0.25) is 0 Å². The number of hydrogen-bond donors (Lipinski definition) is 1. The first kappa shape index (κ1) is 24.1. The van der Waals surface area contributed by atoms with Crippen molar-refractivity contribution in [3.05, 3.63) is 59.7 Å². The molecule has 1 saturated heterocycles. The highest BCUT2D eigenvalue weighted by molar-refractivity contribution is 7.90. The van der Waals surface area contributed by atoms with E-state index >= 15 is 0 Å². The van der Waals surface area contributed by atoms with Gasteiger partial charge in [-0.25, -0.2) is 8.42 Å². The maximum atomic E-state index is 12.9. The number of piperazine rings is 1. The van der Waals surface area contributed by atoms with Gasteiger partial charge in [0.15, 0.2) is 9.84 Å². The molecule has 0 bridgehead atoms. The molecule has 0 aromatic heterocycles. The Labute approximate surface area is 185 Å². The number of hydrogen-bond acceptors (Lipinski definition) is 5. The van der Waals surface area contributed by atoms with Crippen LogP contribution in [0.25, 0.3) is 0 Å². The maximum Gasteiger partial charge on any atom is 0.416 e. The fourth-order valence-electron chi connectivity index (χ4n) is 3.57. The Balaban J connectivity index is 1.40. The van der Waals surface area contributed by atoms with Gasteiger partial charge < -0.3 is 10.2 Å². The van der Waals surface area contributed by atoms with E-state index in [1.165, 1.54) is 36.4 Å². The summed E-state index contributed by atoms with van der Waals surface area (Å²) < 4.78 is 61.7. The quantitative estimate of drug-likeness (QED) is 0.632. The standard InChI is InChI=1S/C22H26F3N3O3S/c1-32(30,31)20-8-6-17(7-9-20)21(29)26-10-3-11-27-12-14-28(15-13-27)19-5-2-4-18(16-19)22(23,24)25/h2,4-9,16H,3,10-15H2,1H3,(H,26,29). The minimum absolute atomic E-state index is 0.165. The van der Waals surface area contributed by atoms with Crippen LogP contribution in [0.1, 0.15) is 22.3 Å². The zero-order valence-corrected chi connectivity index (χ0v) is 18.5. The first-order valence-corrected chi connectivity index (χ1v) is 12.2. The number of amides is 1. The Morgan fingerprint density at radius 2 is 1.69 bits per heavy atom. The lowest BCUT2D eigenvalue weighted by atomic mass is 10.1. The lowest BCUT2D eigenvalue weighted by Gasteiger charge is -2.36. The molecule has 2 aromatic carbocycles. The van der Waals surface area contributed by atoms with Crippen molar-refractivity contribution >= 4 is 21.4 Å². The number of alkyl halides is 3. The van der Waals surface area contributed by atoms with Crippen LogP contribution < -0.4 is 10.2 Å². The summed E-state index contributed by atoms with van der Waals surface area (Å²) in [5.41, 5.74) is 0.333. The zero-order valence-electron chi connectivity index (χ0n) is 17.7. The van der Waals surface area contributed by atoms with Gasteiger partial charge in [0.25, 0.3) is 5.91 Å². The van der Waals surface area contributed by atoms with Crippen LogP contribution in [0.15, 0.2) is 53.4 Å². The molecule has 1 N–H and O–H groups in total. The van der Waals surface area contributed by atoms with E-state index in [0.717, 1.165) is 38.4 Å². The maximum absolute atomic E-state index is 12.9. The molecule has 1 aliphatic rings. The Morgan fingerprint density at radius 1 is 1.03 bits per heavy atom. The highest BCUT2D eigenvalue weighted by Gasteiger charge is 2.31. The molecule has 1 heterocycles. The summed E-state index contributed by atoms with van der Waals surface area (Å²) in [5.74, 6) is -0.264. The van der Waals surface area contributed by atoms with Crippen LogP contribution in [0.2, 0.25) is 0 Å². The highest BCUT2D eigenvalue weighted by Crippen LogP contribution is 2.31. The average Bonchev–Trinajstić information content (AvgIpc) is 2.76. The summed E-state index contributed by atoms with van der Waals surface area (Å²) >= 11 is 0. The van der Waals surface area contributed by atoms with Gasteiger partial charge >= 0.3 is 6.18 Å². The lowest BCUT2D eigenvalue weighted by molar-refractivity contribution is -0.137. The summed E-state index contributed by atoms with van der Waals surface area (Å²) in [7, 11) is -3.30. The number of nitrogens with zero attached hydrogens (tertiary/aromatic N) is 2. The van der Waals surface area contributed by atoms with Gasteiger partial charge in [-0.05, 0) is 55.4 Å². The third kappa shape index (κ3) is 6.46. The Bertz CT molecular complexity index is 1030. The van der Waals surface area contributed by atoms with Crippen molar-refractivity contribution in [1.29, 1.82) is 0 Å². The van der Waals surface area contributed by atoms with E-state index in [0.29, 0.717) is 30.9 Å². The molecule has 32 heavy (non-hydrogen) atoms. The lowest BCUT2D eigenvalue weighted by Crippen LogP contribution is -2.47. The topological polar surface area (TPSA) is 69.7 Å². The molecule has 0 spiro atoms. The molecule has 0 radical (unpaired) electrons. The van der Waals surface area contributed by atoms with E-state index < -0.39 is 21.6 Å². The monoisotopic (exact) mass is 469 g/mol. The van der Waals surface area contributed by atoms with Gasteiger partial charge in [0.05, 0.1) is 10.5 Å². The minimum atomic E-state index is -4.35. The predicted octanol–water partition coefficient (Wildman–Crippen LogP) is 3.05. The van der Waals surface area contributed by atoms with E-state index in [2.05, 4.69) is 10.2 Å². The fourth-order valence-corrected chi connectivity index (χ4v) is 4.20. The van der Waals surface area contributed by atoms with Crippen LogP contribution >= 0.6 is 0 Å². The molecular formula is C22H26F3N3O3S. The molecule has 1 amide bonds. The Hall–Kier alpha value is -2.59. The number of halogens is 3. The van der Waals surface area contributed by atoms with Crippen LogP contribution in [-0.2, 0) is 16.0 Å². The molecule has 0 atom stereocenters. The van der Waals surface area contributed by atoms with Crippen molar-refractivity contribution in [2.24, 2.45) is 0 Å². The number of carbonyl (C=O) groups excluding carboxylic acids is 1. The number of carbonyl (C=O) groups is 1. The van der Waals surface area contributed by atoms with Gasteiger partial charge in [-0.15, -0.1) is 0 Å². The van der Waals surface area contributed by atoms with Crippen molar-refractivity contribution in [1.82, 2.24) is 10.2 Å². The van der Waals surface area contributed by atoms with Crippen LogP contribution in [-0.4, -0.2) is 64.7 Å². The first-order chi connectivity index (χ1) is 15.0. The number of nitrogens with one attached hydrogen (secondary N) is 1. The van der Waals surface area contributed by atoms with Crippen LogP contribution in [0.4, 0.5) is 18.9 Å². The largest absolute Gasteiger partial charge is 0.416 e. The second-order valence-electron chi connectivity index (χ2n) is 7.78. The summed E-state index contributed by atoms with van der Waals surface area (Å²) in [6.07, 6.45) is -2.50. The van der Waals surface area contributed by atoms with Gasteiger partial charge in [0, 0.05) is 50.2 Å². The molecule has 1 aliphatic heterocycles. The number of anilines is 1. The molecular weight excluding hydrogens is 443 g/mol. The SMILES string of the molecule is CS(=O)(=O)c1ccc(C(=O)NCCCN2CCN(c3cccc(C(F)(F)F)c3)CC2)cc1. The second kappa shape index (κ2) is 9.91. The third-order valence-corrected chi connectivity index (χ3v) is 6.52. The number of benzene rings is 2. The summed E-state index contributed by atoms with van der Waals surface area (Å²) in [6, 6.07) is 11.2. The Morgan fingerprint density at radius 3 is 2.28 bits per heavy atom. The molecule has 174 valence electrons. The normalized spacial score (nSPS) is 15.6. The molecule has 1 fully saturated rings. The van der Waals surface area contributed by atoms with E-state index in [-0.39, 0.29) is 10.8 Å². The van der Waals surface area contributed by atoms with Crippen molar-refractivity contribution in [2.45, 2.75) is 17.5 Å². The van der Waals surface area contributed by atoms with Crippen molar-refractivity contribution < 1.29 is 26.4 Å². The molecule has 0 saturated carbocycles. The molecule has 6 nitrogen and oxygen atoms in total. The van der Waals surface area contributed by atoms with Crippen LogP contribution in [0.3, 0.4) is 0 Å². The highest BCUT2D eigenvalue weighted by atomic mass is 32.2. The third-order valence-electron chi connectivity index (χ3n) is 5.39. The first-order valence-electron chi connectivity index (χ1n) is 10.3. The molecule has 0 unspecified atom stereocenters. The van der Waals surface area contributed by atoms with Gasteiger partial charge in [-0.2, -0.15) is 13.2 Å². The smallest absolute Gasteiger partial charge is 0.369 e. The van der Waals surface area contributed by atoms with Crippen LogP contribution in [0.5, 0.6) is 0 Å². The zero-order chi connectivity index (χ0) is 23.4. The number of rotatable bonds is 7. The number of sulfone groups is 1. The summed E-state index contributed by atoms with van der Waals surface area (Å²) in [4.78, 5) is 16.5. The molecule has 3 rings (SSSR count). The fraction of sp³-hybridized carbons (Fsp3) is 0.409. The van der Waals surface area contributed by atoms with Gasteiger partial charge in [-0.3, -0.25) is 9.69 Å². The molecule has 0 aliphatic carbocycles. The molecule has 10 heteroatoms. The predicted molar refractivity (Wildman–Crippen MR) is 117 cm³/mol. The van der Waals surface area contributed by atoms with Gasteiger partial charge in [-0.1, -0.05) is 6.07 Å². The summed E-state index contributed by atoms with van der Waals surface area (Å²) in [5, 5.41) is 2.82. The van der Waals surface area contributed by atoms with Crippen molar-refractivity contribution in [3.8, 4) is 0 Å². The molecule has 2 aromatic rings. The van der Waals surface area contributed by atoms with Crippen molar-refractivity contribution in [3.63, 3.8) is 0 Å². The van der Waals surface area contributed by atoms with E-state index in [9.17, 15) is 26.4 Å². The van der Waals surface area contributed by atoms with Crippen LogP contribution in [0, 0.1) is 0 Å². The minimum Gasteiger partial charge on any atom is -0.369 e. The Kier molecular flexibility index (Phi) is 7.45. The van der Waals surface area contributed by atoms with E-state index in [1.54, 1.807) is 6.07 Å².